The van der Waals surface area contributed by atoms with E-state index in [9.17, 15) is 0 Å². The van der Waals surface area contributed by atoms with Gasteiger partial charge in [0.05, 0.1) is 0 Å². The minimum Gasteiger partial charge on any atom is -0.352 e. The van der Waals surface area contributed by atoms with Crippen LogP contribution in [-0.2, 0) is 18.6 Å². The maximum absolute atomic E-state index is 15.1. The van der Waals surface area contributed by atoms with E-state index in [0.717, 1.165) is 24.0 Å². The highest BCUT2D eigenvalue weighted by Gasteiger charge is 2.29. The van der Waals surface area contributed by atoms with Gasteiger partial charge in [0.25, 0.3) is 0 Å². The van der Waals surface area contributed by atoms with E-state index in [1.807, 2.05) is 30.3 Å². The molecule has 1 N–H and O–H groups in total. The SMILES string of the molecule is CCc1ccc(C2=CNC(F)(c3ccc(CC)cc3)C=C2)cc1. The molecule has 1 unspecified atom stereocenters. The molecular formula is C21H22FN. The van der Waals surface area contributed by atoms with E-state index in [2.05, 4.69) is 43.4 Å². The quantitative estimate of drug-likeness (QED) is 0.772. The van der Waals surface area contributed by atoms with E-state index in [0.29, 0.717) is 5.56 Å². The van der Waals surface area contributed by atoms with Crippen molar-refractivity contribution in [1.29, 1.82) is 0 Å². The molecule has 1 atom stereocenters. The topological polar surface area (TPSA) is 12.0 Å². The number of halogens is 1. The molecule has 0 spiro atoms. The molecule has 0 aliphatic carbocycles. The molecule has 0 bridgehead atoms. The molecule has 118 valence electrons. The van der Waals surface area contributed by atoms with Crippen LogP contribution in [0.25, 0.3) is 5.57 Å². The number of hydrogen-bond acceptors (Lipinski definition) is 1. The number of aryl methyl sites for hydroxylation is 2. The summed E-state index contributed by atoms with van der Waals surface area (Å²) in [5, 5.41) is 2.91. The molecule has 1 heterocycles. The molecule has 2 aromatic rings. The Morgan fingerprint density at radius 3 is 1.91 bits per heavy atom. The Balaban J connectivity index is 1.79. The second kappa shape index (κ2) is 6.41. The Morgan fingerprint density at radius 2 is 1.43 bits per heavy atom. The van der Waals surface area contributed by atoms with Crippen LogP contribution in [0.3, 0.4) is 0 Å². The fourth-order valence-electron chi connectivity index (χ4n) is 2.76. The van der Waals surface area contributed by atoms with Crippen LogP contribution in [0, 0.1) is 0 Å². The molecule has 1 aliphatic rings. The molecule has 3 rings (SSSR count). The maximum Gasteiger partial charge on any atom is 0.225 e. The number of nitrogens with one attached hydrogen (secondary N) is 1. The number of benzene rings is 2. The third-order valence-corrected chi connectivity index (χ3v) is 4.41. The van der Waals surface area contributed by atoms with Crippen LogP contribution in [0.2, 0.25) is 0 Å². The third kappa shape index (κ3) is 3.21. The third-order valence-electron chi connectivity index (χ3n) is 4.41. The minimum atomic E-state index is -1.64. The number of alkyl halides is 1. The van der Waals surface area contributed by atoms with Gasteiger partial charge in [-0.25, -0.2) is 4.39 Å². The van der Waals surface area contributed by atoms with Gasteiger partial charge in [-0.05, 0) is 41.2 Å². The summed E-state index contributed by atoms with van der Waals surface area (Å²) in [6.45, 7) is 4.23. The molecule has 0 fully saturated rings. The summed E-state index contributed by atoms with van der Waals surface area (Å²) in [6, 6.07) is 16.1. The van der Waals surface area contributed by atoms with E-state index in [4.69, 9.17) is 0 Å². The molecule has 1 aliphatic heterocycles. The molecule has 0 saturated heterocycles. The monoisotopic (exact) mass is 307 g/mol. The second-order valence-electron chi connectivity index (χ2n) is 5.89. The van der Waals surface area contributed by atoms with E-state index in [1.165, 1.54) is 11.1 Å². The Hall–Kier alpha value is -2.35. The fraction of sp³-hybridized carbons (Fsp3) is 0.238. The molecular weight excluding hydrogens is 285 g/mol. The summed E-state index contributed by atoms with van der Waals surface area (Å²) in [4.78, 5) is 0. The summed E-state index contributed by atoms with van der Waals surface area (Å²) >= 11 is 0. The predicted octanol–water partition coefficient (Wildman–Crippen LogP) is 5.13. The van der Waals surface area contributed by atoms with Crippen molar-refractivity contribution in [2.75, 3.05) is 0 Å². The first-order valence-corrected chi connectivity index (χ1v) is 8.19. The van der Waals surface area contributed by atoms with Crippen molar-refractivity contribution < 1.29 is 4.39 Å². The summed E-state index contributed by atoms with van der Waals surface area (Å²) in [6.07, 6.45) is 7.19. The lowest BCUT2D eigenvalue weighted by Crippen LogP contribution is -2.34. The van der Waals surface area contributed by atoms with E-state index in [-0.39, 0.29) is 0 Å². The highest BCUT2D eigenvalue weighted by atomic mass is 19.1. The van der Waals surface area contributed by atoms with Crippen molar-refractivity contribution in [3.8, 4) is 0 Å². The molecule has 2 heteroatoms. The highest BCUT2D eigenvalue weighted by Crippen LogP contribution is 2.31. The molecule has 23 heavy (non-hydrogen) atoms. The Labute approximate surface area is 137 Å². The lowest BCUT2D eigenvalue weighted by Gasteiger charge is -2.26. The van der Waals surface area contributed by atoms with Crippen molar-refractivity contribution >= 4 is 5.57 Å². The van der Waals surface area contributed by atoms with Crippen molar-refractivity contribution in [2.24, 2.45) is 0 Å². The summed E-state index contributed by atoms with van der Waals surface area (Å²) < 4.78 is 15.1. The van der Waals surface area contributed by atoms with Crippen LogP contribution in [-0.4, -0.2) is 0 Å². The molecule has 0 saturated carbocycles. The molecule has 0 aromatic heterocycles. The average Bonchev–Trinajstić information content (AvgIpc) is 2.62. The first kappa shape index (κ1) is 15.5. The van der Waals surface area contributed by atoms with Gasteiger partial charge in [-0.2, -0.15) is 0 Å². The van der Waals surface area contributed by atoms with Gasteiger partial charge in [0, 0.05) is 11.8 Å². The number of allylic oxidation sites excluding steroid dienone is 2. The van der Waals surface area contributed by atoms with Gasteiger partial charge in [-0.15, -0.1) is 0 Å². The minimum absolute atomic E-state index is 0.627. The van der Waals surface area contributed by atoms with Gasteiger partial charge in [0.2, 0.25) is 5.79 Å². The summed E-state index contributed by atoms with van der Waals surface area (Å²) in [5.74, 6) is -1.64. The fourth-order valence-corrected chi connectivity index (χ4v) is 2.76. The standard InChI is InChI=1S/C21H22FN/c1-3-16-5-9-18(10-6-16)19-13-14-21(22,23-15-19)20-11-7-17(4-2)8-12-20/h5-15,23H,3-4H2,1-2H3. The first-order chi connectivity index (χ1) is 11.1. The molecule has 0 radical (unpaired) electrons. The maximum atomic E-state index is 15.1. The Morgan fingerprint density at radius 1 is 0.870 bits per heavy atom. The lowest BCUT2D eigenvalue weighted by atomic mass is 9.96. The van der Waals surface area contributed by atoms with Crippen molar-refractivity contribution in [2.45, 2.75) is 32.5 Å². The van der Waals surface area contributed by atoms with Crippen molar-refractivity contribution in [3.05, 3.63) is 89.1 Å². The van der Waals surface area contributed by atoms with Gasteiger partial charge in [-0.3, -0.25) is 0 Å². The number of rotatable bonds is 4. The van der Waals surface area contributed by atoms with E-state index < -0.39 is 5.79 Å². The Kier molecular flexibility index (Phi) is 4.33. The molecule has 1 nitrogen and oxygen atoms in total. The first-order valence-electron chi connectivity index (χ1n) is 8.19. The molecule has 2 aromatic carbocycles. The van der Waals surface area contributed by atoms with Gasteiger partial charge in [0.15, 0.2) is 0 Å². The summed E-state index contributed by atoms with van der Waals surface area (Å²) in [5.41, 5.74) is 5.23. The summed E-state index contributed by atoms with van der Waals surface area (Å²) in [7, 11) is 0. The van der Waals surface area contributed by atoms with Crippen LogP contribution in [0.5, 0.6) is 0 Å². The van der Waals surface area contributed by atoms with Gasteiger partial charge in [-0.1, -0.05) is 68.5 Å². The number of hydrogen-bond donors (Lipinski definition) is 1. The van der Waals surface area contributed by atoms with E-state index in [1.54, 1.807) is 12.3 Å². The van der Waals surface area contributed by atoms with Crippen LogP contribution >= 0.6 is 0 Å². The zero-order chi connectivity index (χ0) is 16.3. The highest BCUT2D eigenvalue weighted by molar-refractivity contribution is 5.75. The second-order valence-corrected chi connectivity index (χ2v) is 5.89. The van der Waals surface area contributed by atoms with Crippen molar-refractivity contribution in [1.82, 2.24) is 5.32 Å². The smallest absolute Gasteiger partial charge is 0.225 e. The Bertz CT molecular complexity index is 725. The van der Waals surface area contributed by atoms with Crippen molar-refractivity contribution in [3.63, 3.8) is 0 Å². The van der Waals surface area contributed by atoms with Gasteiger partial charge in [0.1, 0.15) is 0 Å². The zero-order valence-corrected chi connectivity index (χ0v) is 13.6. The van der Waals surface area contributed by atoms with Gasteiger partial charge >= 0.3 is 0 Å². The van der Waals surface area contributed by atoms with Gasteiger partial charge < -0.3 is 5.32 Å². The zero-order valence-electron chi connectivity index (χ0n) is 13.6. The van der Waals surface area contributed by atoms with Crippen LogP contribution in [0.1, 0.15) is 36.1 Å². The normalized spacial score (nSPS) is 20.0. The largest absolute Gasteiger partial charge is 0.352 e. The predicted molar refractivity (Wildman–Crippen MR) is 94.7 cm³/mol. The molecule has 0 amide bonds. The number of dihydropyridines is 1. The van der Waals surface area contributed by atoms with Crippen LogP contribution in [0.15, 0.2) is 66.9 Å². The van der Waals surface area contributed by atoms with Crippen LogP contribution in [0.4, 0.5) is 4.39 Å². The average molecular weight is 307 g/mol. The van der Waals surface area contributed by atoms with E-state index >= 15 is 4.39 Å². The lowest BCUT2D eigenvalue weighted by molar-refractivity contribution is 0.200. The van der Waals surface area contributed by atoms with Crippen LogP contribution < -0.4 is 5.32 Å².